The van der Waals surface area contributed by atoms with Gasteiger partial charge in [0.05, 0.1) is 22.9 Å². The fraction of sp³-hybridized carbons (Fsp3) is 0.143. The third-order valence-corrected chi connectivity index (χ3v) is 4.36. The van der Waals surface area contributed by atoms with Crippen molar-refractivity contribution >= 4 is 27.0 Å². The van der Waals surface area contributed by atoms with Crippen LogP contribution in [0.1, 0.15) is 16.1 Å². The maximum Gasteiger partial charge on any atom is 0.266 e. The number of fused-ring (bicyclic) bond motifs is 1. The monoisotopic (exact) mass is 347 g/mol. The van der Waals surface area contributed by atoms with Gasteiger partial charge in [0.15, 0.2) is 0 Å². The predicted octanol–water partition coefficient (Wildman–Crippen LogP) is -0.0836. The van der Waals surface area contributed by atoms with Crippen LogP contribution in [0.5, 0.6) is 0 Å². The molecule has 0 bridgehead atoms. The quantitative estimate of drug-likeness (QED) is 0.679. The van der Waals surface area contributed by atoms with Crippen LogP contribution in [0, 0.1) is 0 Å². The molecule has 0 saturated carbocycles. The summed E-state index contributed by atoms with van der Waals surface area (Å²) in [5, 5.41) is 3.96. The van der Waals surface area contributed by atoms with Gasteiger partial charge in [-0.2, -0.15) is 5.10 Å². The number of carbonyl (C=O) groups excluding carboxylic acids is 1. The zero-order chi connectivity index (χ0) is 17.3. The summed E-state index contributed by atoms with van der Waals surface area (Å²) in [6, 6.07) is 5.87. The summed E-state index contributed by atoms with van der Waals surface area (Å²) in [7, 11) is -2.23. The highest BCUT2D eigenvalue weighted by molar-refractivity contribution is 7.89. The van der Waals surface area contributed by atoms with Gasteiger partial charge >= 0.3 is 0 Å². The van der Waals surface area contributed by atoms with Crippen molar-refractivity contribution in [2.75, 3.05) is 0 Å². The van der Waals surface area contributed by atoms with Crippen molar-refractivity contribution in [2.24, 2.45) is 7.05 Å². The largest absolute Gasteiger partial charge is 0.319 e. The average Bonchev–Trinajstić information content (AvgIpc) is 2.90. The van der Waals surface area contributed by atoms with Crippen LogP contribution in [0.4, 0.5) is 0 Å². The number of nitrogens with zero attached hydrogens (tertiary/aromatic N) is 3. The van der Waals surface area contributed by atoms with E-state index in [0.29, 0.717) is 16.7 Å². The van der Waals surface area contributed by atoms with Crippen molar-refractivity contribution in [1.82, 2.24) is 24.5 Å². The fourth-order valence-electron chi connectivity index (χ4n) is 2.15. The highest BCUT2D eigenvalue weighted by Gasteiger charge is 2.18. The minimum absolute atomic E-state index is 0.0933. The predicted molar refractivity (Wildman–Crippen MR) is 85.7 cm³/mol. The Morgan fingerprint density at radius 3 is 2.83 bits per heavy atom. The van der Waals surface area contributed by atoms with Crippen molar-refractivity contribution < 1.29 is 13.2 Å². The first-order valence-corrected chi connectivity index (χ1v) is 8.50. The van der Waals surface area contributed by atoms with Gasteiger partial charge in [0, 0.05) is 18.8 Å². The first kappa shape index (κ1) is 15.9. The zero-order valence-electron chi connectivity index (χ0n) is 12.6. The molecule has 3 rings (SSSR count). The standard InChI is InChI=1S/C14H13N5O4S/c1-19-5-4-10(17-19)8-24(22,23)18-14(21)9-2-3-11-12(6-9)16-13(20)7-15-11/h2-7H,8H2,1H3,(H,16,20)(H,18,21). The zero-order valence-corrected chi connectivity index (χ0v) is 13.4. The Kier molecular flexibility index (Phi) is 3.89. The van der Waals surface area contributed by atoms with E-state index in [0.717, 1.165) is 6.20 Å². The van der Waals surface area contributed by atoms with Crippen LogP contribution in [0.2, 0.25) is 0 Å². The molecular weight excluding hydrogens is 334 g/mol. The summed E-state index contributed by atoms with van der Waals surface area (Å²) >= 11 is 0. The number of hydrogen-bond acceptors (Lipinski definition) is 6. The number of nitrogens with one attached hydrogen (secondary N) is 2. The van der Waals surface area contributed by atoms with E-state index in [9.17, 15) is 18.0 Å². The highest BCUT2D eigenvalue weighted by Crippen LogP contribution is 2.11. The Balaban J connectivity index is 1.82. The molecule has 9 nitrogen and oxygen atoms in total. The molecule has 0 atom stereocenters. The third-order valence-electron chi connectivity index (χ3n) is 3.19. The second-order valence-electron chi connectivity index (χ2n) is 5.15. The maximum atomic E-state index is 12.2. The molecule has 0 fully saturated rings. The minimum atomic E-state index is -3.89. The Morgan fingerprint density at radius 2 is 2.12 bits per heavy atom. The Bertz CT molecular complexity index is 1080. The van der Waals surface area contributed by atoms with E-state index in [1.54, 1.807) is 19.3 Å². The van der Waals surface area contributed by atoms with Crippen molar-refractivity contribution in [2.45, 2.75) is 5.75 Å². The van der Waals surface area contributed by atoms with Gasteiger partial charge in [-0.15, -0.1) is 0 Å². The molecule has 0 aliphatic rings. The van der Waals surface area contributed by atoms with Gasteiger partial charge in [0.25, 0.3) is 11.5 Å². The Hall–Kier alpha value is -3.01. The first-order valence-electron chi connectivity index (χ1n) is 6.85. The normalized spacial score (nSPS) is 11.5. The van der Waals surface area contributed by atoms with Crippen LogP contribution in [0.15, 0.2) is 41.5 Å². The molecule has 0 saturated heterocycles. The second-order valence-corrected chi connectivity index (χ2v) is 6.87. The Labute approximate surface area is 136 Å². The van der Waals surface area contributed by atoms with E-state index >= 15 is 0 Å². The van der Waals surface area contributed by atoms with Crippen LogP contribution in [-0.4, -0.2) is 34.1 Å². The van der Waals surface area contributed by atoms with Crippen molar-refractivity contribution in [3.63, 3.8) is 0 Å². The number of carbonyl (C=O) groups is 1. The number of amides is 1. The van der Waals surface area contributed by atoms with E-state index in [2.05, 4.69) is 15.1 Å². The summed E-state index contributed by atoms with van der Waals surface area (Å²) in [4.78, 5) is 29.9. The van der Waals surface area contributed by atoms with E-state index in [-0.39, 0.29) is 5.56 Å². The van der Waals surface area contributed by atoms with E-state index < -0.39 is 27.2 Å². The van der Waals surface area contributed by atoms with E-state index in [1.165, 1.54) is 22.9 Å². The summed E-state index contributed by atoms with van der Waals surface area (Å²) in [5.74, 6) is -1.21. The molecule has 1 amide bonds. The molecule has 0 aliphatic carbocycles. The SMILES string of the molecule is Cn1ccc(CS(=O)(=O)NC(=O)c2ccc3ncc(=O)[nH]c3c2)n1. The third kappa shape index (κ3) is 3.49. The second kappa shape index (κ2) is 5.89. The average molecular weight is 347 g/mol. The molecule has 0 spiro atoms. The molecule has 0 unspecified atom stereocenters. The molecule has 2 N–H and O–H groups in total. The topological polar surface area (TPSA) is 127 Å². The lowest BCUT2D eigenvalue weighted by Crippen LogP contribution is -2.31. The molecular formula is C14H13N5O4S. The van der Waals surface area contributed by atoms with Crippen LogP contribution >= 0.6 is 0 Å². The highest BCUT2D eigenvalue weighted by atomic mass is 32.2. The lowest BCUT2D eigenvalue weighted by molar-refractivity contribution is 0.0981. The number of benzene rings is 1. The van der Waals surface area contributed by atoms with Gasteiger partial charge in [-0.05, 0) is 24.3 Å². The summed E-state index contributed by atoms with van der Waals surface area (Å²) in [6.07, 6.45) is 2.73. The minimum Gasteiger partial charge on any atom is -0.319 e. The smallest absolute Gasteiger partial charge is 0.266 e. The first-order chi connectivity index (χ1) is 11.3. The fourth-order valence-corrected chi connectivity index (χ4v) is 3.17. The van der Waals surface area contributed by atoms with Crippen LogP contribution in [-0.2, 0) is 22.8 Å². The van der Waals surface area contributed by atoms with Gasteiger partial charge in [-0.25, -0.2) is 18.1 Å². The van der Waals surface area contributed by atoms with E-state index in [4.69, 9.17) is 0 Å². The molecule has 10 heteroatoms. The maximum absolute atomic E-state index is 12.2. The molecule has 24 heavy (non-hydrogen) atoms. The molecule has 0 radical (unpaired) electrons. The lowest BCUT2D eigenvalue weighted by Gasteiger charge is -2.06. The van der Waals surface area contributed by atoms with Crippen LogP contribution in [0.25, 0.3) is 11.0 Å². The number of sulfonamides is 1. The molecule has 1 aromatic carbocycles. The molecule has 2 aromatic heterocycles. The number of aromatic nitrogens is 4. The molecule has 124 valence electrons. The van der Waals surface area contributed by atoms with Gasteiger partial charge < -0.3 is 4.98 Å². The van der Waals surface area contributed by atoms with Crippen molar-refractivity contribution in [1.29, 1.82) is 0 Å². The van der Waals surface area contributed by atoms with Gasteiger partial charge in [-0.3, -0.25) is 14.3 Å². The number of aromatic amines is 1. The Morgan fingerprint density at radius 1 is 1.33 bits per heavy atom. The van der Waals surface area contributed by atoms with Gasteiger partial charge in [0.2, 0.25) is 10.0 Å². The number of H-pyrrole nitrogens is 1. The van der Waals surface area contributed by atoms with Crippen LogP contribution in [0.3, 0.4) is 0 Å². The van der Waals surface area contributed by atoms with Crippen molar-refractivity contribution in [3.05, 3.63) is 58.3 Å². The molecule has 3 aromatic rings. The van der Waals surface area contributed by atoms with Gasteiger partial charge in [0.1, 0.15) is 5.75 Å². The summed E-state index contributed by atoms with van der Waals surface area (Å²) in [6.45, 7) is 0. The molecule has 0 aliphatic heterocycles. The number of hydrogen-bond donors (Lipinski definition) is 2. The number of rotatable bonds is 4. The van der Waals surface area contributed by atoms with Crippen molar-refractivity contribution in [3.8, 4) is 0 Å². The molecule has 2 heterocycles. The van der Waals surface area contributed by atoms with Gasteiger partial charge in [-0.1, -0.05) is 0 Å². The summed E-state index contributed by atoms with van der Waals surface area (Å²) in [5.41, 5.74) is 0.836. The van der Waals surface area contributed by atoms with E-state index in [1.807, 2.05) is 4.72 Å². The lowest BCUT2D eigenvalue weighted by atomic mass is 10.2. The summed E-state index contributed by atoms with van der Waals surface area (Å²) < 4.78 is 27.6. The number of aryl methyl sites for hydroxylation is 1. The van der Waals surface area contributed by atoms with Crippen LogP contribution < -0.4 is 10.3 Å².